The molecule has 1 amide bonds. The highest BCUT2D eigenvalue weighted by molar-refractivity contribution is 5.95. The zero-order valence-corrected chi connectivity index (χ0v) is 16.1. The van der Waals surface area contributed by atoms with Crippen molar-refractivity contribution < 1.29 is 4.79 Å². The number of nitrogens with one attached hydrogen (secondary N) is 1. The molecule has 3 heterocycles. The number of fused-ring (bicyclic) bond motifs is 1. The summed E-state index contributed by atoms with van der Waals surface area (Å²) in [5, 5.41) is 8.20. The summed E-state index contributed by atoms with van der Waals surface area (Å²) in [4.78, 5) is 15.3. The molecule has 0 spiro atoms. The monoisotopic (exact) mass is 366 g/mol. The third kappa shape index (κ3) is 3.87. The average Bonchev–Trinajstić information content (AvgIpc) is 3.17. The van der Waals surface area contributed by atoms with Gasteiger partial charge in [0.05, 0.1) is 11.3 Å². The lowest BCUT2D eigenvalue weighted by Gasteiger charge is -2.24. The van der Waals surface area contributed by atoms with Gasteiger partial charge >= 0.3 is 0 Å². The van der Waals surface area contributed by atoms with E-state index in [9.17, 15) is 4.79 Å². The lowest BCUT2D eigenvalue weighted by atomic mass is 9.85. The summed E-state index contributed by atoms with van der Waals surface area (Å²) in [6.45, 7) is 4.07. The van der Waals surface area contributed by atoms with Crippen LogP contribution in [0.1, 0.15) is 66.9 Å². The Kier molecular flexibility index (Phi) is 6.05. The number of aryl methyl sites for hydroxylation is 1. The summed E-state index contributed by atoms with van der Waals surface area (Å²) in [6.07, 6.45) is 10.5. The molecule has 2 aliphatic heterocycles. The first kappa shape index (κ1) is 18.7. The number of halogens is 1. The van der Waals surface area contributed by atoms with E-state index in [1.165, 1.54) is 32.1 Å². The minimum Gasteiger partial charge on any atom is -0.339 e. The van der Waals surface area contributed by atoms with Crippen LogP contribution in [0.25, 0.3) is 0 Å². The second kappa shape index (κ2) is 8.09. The summed E-state index contributed by atoms with van der Waals surface area (Å²) < 4.78 is 1.84. The van der Waals surface area contributed by atoms with Crippen LogP contribution in [-0.4, -0.2) is 46.8 Å². The Hall–Kier alpha value is -1.07. The van der Waals surface area contributed by atoms with E-state index in [2.05, 4.69) is 10.2 Å². The Bertz CT molecular complexity index is 582. The van der Waals surface area contributed by atoms with Crippen molar-refractivity contribution in [1.82, 2.24) is 20.0 Å². The zero-order valence-electron chi connectivity index (χ0n) is 15.2. The average molecular weight is 367 g/mol. The SMILES string of the molecule is Cl.Cn1cc(C(=O)N2CC[C@@H]3CNC[C@@H]3CC2)c(C2CCCCC2)n1. The first-order valence-corrected chi connectivity index (χ1v) is 9.76. The van der Waals surface area contributed by atoms with Gasteiger partial charge in [0, 0.05) is 32.3 Å². The molecule has 4 rings (SSSR count). The summed E-state index contributed by atoms with van der Waals surface area (Å²) in [5.41, 5.74) is 1.93. The maximum absolute atomic E-state index is 13.2. The highest BCUT2D eigenvalue weighted by atomic mass is 35.5. The van der Waals surface area contributed by atoms with Crippen LogP contribution < -0.4 is 5.32 Å². The molecule has 1 N–H and O–H groups in total. The number of hydrogen-bond acceptors (Lipinski definition) is 3. The maximum Gasteiger partial charge on any atom is 0.257 e. The van der Waals surface area contributed by atoms with E-state index in [-0.39, 0.29) is 18.3 Å². The molecule has 3 aliphatic rings. The van der Waals surface area contributed by atoms with Gasteiger partial charge in [-0.25, -0.2) is 0 Å². The van der Waals surface area contributed by atoms with Crippen LogP contribution in [0.3, 0.4) is 0 Å². The third-order valence-electron chi connectivity index (χ3n) is 6.39. The third-order valence-corrected chi connectivity index (χ3v) is 6.39. The number of rotatable bonds is 2. The van der Waals surface area contributed by atoms with Gasteiger partial charge in [0.2, 0.25) is 0 Å². The van der Waals surface area contributed by atoms with E-state index < -0.39 is 0 Å². The molecule has 1 aliphatic carbocycles. The molecule has 25 heavy (non-hydrogen) atoms. The Morgan fingerprint density at radius 1 is 1.08 bits per heavy atom. The van der Waals surface area contributed by atoms with Crippen molar-refractivity contribution in [2.24, 2.45) is 18.9 Å². The van der Waals surface area contributed by atoms with E-state index in [0.29, 0.717) is 5.92 Å². The molecule has 3 fully saturated rings. The summed E-state index contributed by atoms with van der Waals surface area (Å²) in [7, 11) is 1.95. The zero-order chi connectivity index (χ0) is 16.5. The van der Waals surface area contributed by atoms with Crippen molar-refractivity contribution in [3.8, 4) is 0 Å². The van der Waals surface area contributed by atoms with Crippen LogP contribution in [0.2, 0.25) is 0 Å². The number of nitrogens with zero attached hydrogens (tertiary/aromatic N) is 3. The van der Waals surface area contributed by atoms with E-state index in [0.717, 1.165) is 62.1 Å². The molecule has 0 bridgehead atoms. The Balaban J connectivity index is 0.00000182. The van der Waals surface area contributed by atoms with Crippen LogP contribution >= 0.6 is 12.4 Å². The fraction of sp³-hybridized carbons (Fsp3) is 0.789. The summed E-state index contributed by atoms with van der Waals surface area (Å²) in [6, 6.07) is 0. The number of likely N-dealkylation sites (tertiary alicyclic amines) is 1. The predicted octanol–water partition coefficient (Wildman–Crippen LogP) is 2.96. The molecule has 1 aromatic rings. The maximum atomic E-state index is 13.2. The molecule has 140 valence electrons. The molecule has 1 aromatic heterocycles. The van der Waals surface area contributed by atoms with Crippen LogP contribution in [0.15, 0.2) is 6.20 Å². The van der Waals surface area contributed by atoms with Crippen molar-refractivity contribution in [1.29, 1.82) is 0 Å². The molecule has 1 saturated carbocycles. The Morgan fingerprint density at radius 2 is 1.72 bits per heavy atom. The standard InChI is InChI=1S/C19H30N4O.ClH/c1-22-13-17(18(21-22)14-5-3-2-4-6-14)19(24)23-9-7-15-11-20-12-16(15)8-10-23;/h13-16,20H,2-12H2,1H3;1H/t15-,16+;. The molecule has 2 atom stereocenters. The molecular formula is C19H31ClN4O. The van der Waals surface area contributed by atoms with E-state index in [1.807, 2.05) is 17.9 Å². The molecular weight excluding hydrogens is 336 g/mol. The molecule has 0 radical (unpaired) electrons. The van der Waals surface area contributed by atoms with Gasteiger partial charge in [-0.1, -0.05) is 19.3 Å². The van der Waals surface area contributed by atoms with Gasteiger partial charge in [-0.3, -0.25) is 9.48 Å². The predicted molar refractivity (Wildman–Crippen MR) is 101 cm³/mol. The van der Waals surface area contributed by atoms with Crippen molar-refractivity contribution in [2.45, 2.75) is 50.9 Å². The van der Waals surface area contributed by atoms with Gasteiger partial charge in [-0.15, -0.1) is 12.4 Å². The normalized spacial score (nSPS) is 27.5. The molecule has 0 unspecified atom stereocenters. The van der Waals surface area contributed by atoms with E-state index >= 15 is 0 Å². The number of carbonyl (C=O) groups excluding carboxylic acids is 1. The summed E-state index contributed by atoms with van der Waals surface area (Å²) in [5.74, 6) is 2.22. The second-order valence-corrected chi connectivity index (χ2v) is 7.98. The number of amides is 1. The van der Waals surface area contributed by atoms with Gasteiger partial charge < -0.3 is 10.2 Å². The van der Waals surface area contributed by atoms with Gasteiger partial charge in [0.1, 0.15) is 0 Å². The fourth-order valence-corrected chi connectivity index (χ4v) is 4.94. The first-order chi connectivity index (χ1) is 11.7. The Morgan fingerprint density at radius 3 is 2.36 bits per heavy atom. The van der Waals surface area contributed by atoms with Crippen molar-refractivity contribution >= 4 is 18.3 Å². The van der Waals surface area contributed by atoms with E-state index in [4.69, 9.17) is 5.10 Å². The minimum absolute atomic E-state index is 0. The highest BCUT2D eigenvalue weighted by Gasteiger charge is 2.33. The van der Waals surface area contributed by atoms with Gasteiger partial charge in [0.15, 0.2) is 0 Å². The fourth-order valence-electron chi connectivity index (χ4n) is 4.94. The molecule has 5 nitrogen and oxygen atoms in total. The number of carbonyl (C=O) groups is 1. The van der Waals surface area contributed by atoms with Gasteiger partial charge in [-0.05, 0) is 50.6 Å². The van der Waals surface area contributed by atoms with Crippen molar-refractivity contribution in [2.75, 3.05) is 26.2 Å². The second-order valence-electron chi connectivity index (χ2n) is 7.98. The lowest BCUT2D eigenvalue weighted by molar-refractivity contribution is 0.0756. The minimum atomic E-state index is 0. The van der Waals surface area contributed by atoms with E-state index in [1.54, 1.807) is 0 Å². The molecule has 2 saturated heterocycles. The number of hydrogen-bond donors (Lipinski definition) is 1. The first-order valence-electron chi connectivity index (χ1n) is 9.76. The van der Waals surface area contributed by atoms with Gasteiger partial charge in [-0.2, -0.15) is 5.10 Å². The van der Waals surface area contributed by atoms with Gasteiger partial charge in [0.25, 0.3) is 5.91 Å². The van der Waals surface area contributed by atoms with Crippen LogP contribution in [0.4, 0.5) is 0 Å². The topological polar surface area (TPSA) is 50.2 Å². The summed E-state index contributed by atoms with van der Waals surface area (Å²) >= 11 is 0. The largest absolute Gasteiger partial charge is 0.339 e. The Labute approximate surface area is 156 Å². The molecule has 6 heteroatoms. The number of aromatic nitrogens is 2. The highest BCUT2D eigenvalue weighted by Crippen LogP contribution is 2.34. The molecule has 0 aromatic carbocycles. The van der Waals surface area contributed by atoms with Crippen molar-refractivity contribution in [3.05, 3.63) is 17.5 Å². The van der Waals surface area contributed by atoms with Crippen LogP contribution in [0.5, 0.6) is 0 Å². The van der Waals surface area contributed by atoms with Crippen LogP contribution in [0, 0.1) is 11.8 Å². The smallest absolute Gasteiger partial charge is 0.257 e. The lowest BCUT2D eigenvalue weighted by Crippen LogP contribution is -2.33. The van der Waals surface area contributed by atoms with Crippen molar-refractivity contribution in [3.63, 3.8) is 0 Å². The van der Waals surface area contributed by atoms with Crippen LogP contribution in [-0.2, 0) is 7.05 Å². The quantitative estimate of drug-likeness (QED) is 0.875.